The molecule has 0 radical (unpaired) electrons. The molecule has 0 aliphatic rings. The molecular formula is C16H23N3O. The second-order valence-electron chi connectivity index (χ2n) is 5.40. The minimum atomic E-state index is 0.327. The van der Waals surface area contributed by atoms with Crippen molar-refractivity contribution in [3.63, 3.8) is 0 Å². The third-order valence-corrected chi connectivity index (χ3v) is 3.39. The molecule has 0 spiro atoms. The predicted octanol–water partition coefficient (Wildman–Crippen LogP) is 2.59. The first kappa shape index (κ1) is 14.6. The van der Waals surface area contributed by atoms with Gasteiger partial charge in [-0.1, -0.05) is 12.1 Å². The van der Waals surface area contributed by atoms with E-state index < -0.39 is 0 Å². The first-order chi connectivity index (χ1) is 9.63. The summed E-state index contributed by atoms with van der Waals surface area (Å²) in [7, 11) is 0. The van der Waals surface area contributed by atoms with Crippen molar-refractivity contribution < 1.29 is 5.11 Å². The van der Waals surface area contributed by atoms with Crippen LogP contribution in [-0.4, -0.2) is 27.0 Å². The van der Waals surface area contributed by atoms with Gasteiger partial charge in [-0.2, -0.15) is 5.10 Å². The lowest BCUT2D eigenvalue weighted by atomic mass is 10.1. The fraction of sp³-hybridized carbons (Fsp3) is 0.438. The topological polar surface area (TPSA) is 50.1 Å². The summed E-state index contributed by atoms with van der Waals surface area (Å²) in [5.74, 6) is 0.327. The van der Waals surface area contributed by atoms with Gasteiger partial charge in [0.05, 0.1) is 6.54 Å². The van der Waals surface area contributed by atoms with Gasteiger partial charge in [0, 0.05) is 24.5 Å². The van der Waals surface area contributed by atoms with E-state index >= 15 is 0 Å². The summed E-state index contributed by atoms with van der Waals surface area (Å²) in [4.78, 5) is 0. The number of aryl methyl sites for hydroxylation is 1. The minimum Gasteiger partial charge on any atom is -0.508 e. The summed E-state index contributed by atoms with van der Waals surface area (Å²) in [6.45, 7) is 5.27. The molecule has 2 aromatic rings. The van der Waals surface area contributed by atoms with Gasteiger partial charge in [0.15, 0.2) is 0 Å². The zero-order chi connectivity index (χ0) is 14.4. The second-order valence-corrected chi connectivity index (χ2v) is 5.40. The van der Waals surface area contributed by atoms with Crippen LogP contribution in [0, 0.1) is 0 Å². The molecule has 20 heavy (non-hydrogen) atoms. The Balaban J connectivity index is 1.71. The Morgan fingerprint density at radius 3 is 2.60 bits per heavy atom. The smallest absolute Gasteiger partial charge is 0.115 e. The summed E-state index contributed by atoms with van der Waals surface area (Å²) in [5, 5.41) is 17.1. The predicted molar refractivity (Wildman–Crippen MR) is 80.7 cm³/mol. The summed E-state index contributed by atoms with van der Waals surface area (Å²) < 4.78 is 1.95. The molecule has 0 bridgehead atoms. The van der Waals surface area contributed by atoms with Crippen molar-refractivity contribution in [1.82, 2.24) is 15.1 Å². The zero-order valence-corrected chi connectivity index (χ0v) is 12.2. The zero-order valence-electron chi connectivity index (χ0n) is 12.2. The van der Waals surface area contributed by atoms with Crippen LogP contribution in [0.25, 0.3) is 0 Å². The monoisotopic (exact) mass is 273 g/mol. The van der Waals surface area contributed by atoms with Crippen LogP contribution in [0.3, 0.4) is 0 Å². The van der Waals surface area contributed by atoms with Crippen LogP contribution in [0.4, 0.5) is 0 Å². The number of benzene rings is 1. The number of rotatable bonds is 7. The van der Waals surface area contributed by atoms with Gasteiger partial charge in [0.25, 0.3) is 0 Å². The quantitative estimate of drug-likeness (QED) is 0.815. The molecule has 4 nitrogen and oxygen atoms in total. The van der Waals surface area contributed by atoms with Gasteiger partial charge < -0.3 is 10.4 Å². The number of hydrogen-bond acceptors (Lipinski definition) is 3. The van der Waals surface area contributed by atoms with E-state index in [1.54, 1.807) is 18.3 Å². The lowest BCUT2D eigenvalue weighted by Gasteiger charge is -2.20. The normalized spacial score (nSPS) is 14.1. The van der Waals surface area contributed by atoms with Gasteiger partial charge in [-0.05, 0) is 50.5 Å². The largest absolute Gasteiger partial charge is 0.508 e. The first-order valence-corrected chi connectivity index (χ1v) is 7.15. The fourth-order valence-corrected chi connectivity index (χ4v) is 2.36. The average molecular weight is 273 g/mol. The number of phenols is 1. The van der Waals surface area contributed by atoms with Crippen molar-refractivity contribution in [3.05, 3.63) is 48.3 Å². The van der Waals surface area contributed by atoms with Crippen LogP contribution in [0.1, 0.15) is 25.8 Å². The van der Waals surface area contributed by atoms with Gasteiger partial charge in [0.2, 0.25) is 0 Å². The van der Waals surface area contributed by atoms with E-state index in [1.165, 1.54) is 5.56 Å². The highest BCUT2D eigenvalue weighted by atomic mass is 16.3. The van der Waals surface area contributed by atoms with Crippen LogP contribution < -0.4 is 5.32 Å². The number of nitrogens with one attached hydrogen (secondary N) is 1. The van der Waals surface area contributed by atoms with Crippen molar-refractivity contribution >= 4 is 0 Å². The number of nitrogens with zero attached hydrogens (tertiary/aromatic N) is 2. The van der Waals surface area contributed by atoms with Gasteiger partial charge >= 0.3 is 0 Å². The van der Waals surface area contributed by atoms with Crippen molar-refractivity contribution in [3.8, 4) is 5.75 Å². The number of hydrogen-bond donors (Lipinski definition) is 2. The van der Waals surface area contributed by atoms with E-state index in [-0.39, 0.29) is 0 Å². The Hall–Kier alpha value is -1.81. The van der Waals surface area contributed by atoms with Crippen LogP contribution in [0.5, 0.6) is 5.75 Å². The Morgan fingerprint density at radius 2 is 1.95 bits per heavy atom. The summed E-state index contributed by atoms with van der Waals surface area (Å²) in [6.07, 6.45) is 5.89. The van der Waals surface area contributed by atoms with E-state index in [2.05, 4.69) is 24.3 Å². The van der Waals surface area contributed by atoms with E-state index in [4.69, 9.17) is 0 Å². The Kier molecular flexibility index (Phi) is 5.18. The third kappa shape index (κ3) is 4.70. The van der Waals surface area contributed by atoms with Crippen molar-refractivity contribution in [2.45, 2.75) is 45.3 Å². The molecule has 0 amide bonds. The van der Waals surface area contributed by atoms with E-state index in [9.17, 15) is 5.11 Å². The van der Waals surface area contributed by atoms with Crippen LogP contribution >= 0.6 is 0 Å². The maximum atomic E-state index is 9.25. The molecule has 4 heteroatoms. The van der Waals surface area contributed by atoms with Crippen molar-refractivity contribution in [1.29, 1.82) is 0 Å². The number of phenolic OH excluding ortho intramolecular Hbond substituents is 1. The highest BCUT2D eigenvalue weighted by Crippen LogP contribution is 2.12. The van der Waals surface area contributed by atoms with Crippen LogP contribution in [-0.2, 0) is 13.0 Å². The molecule has 0 saturated carbocycles. The van der Waals surface area contributed by atoms with Crippen LogP contribution in [0.2, 0.25) is 0 Å². The van der Waals surface area contributed by atoms with Gasteiger partial charge in [-0.25, -0.2) is 0 Å². The Morgan fingerprint density at radius 1 is 1.20 bits per heavy atom. The average Bonchev–Trinajstić information content (AvgIpc) is 2.90. The molecule has 0 saturated heterocycles. The number of aromatic nitrogens is 2. The maximum absolute atomic E-state index is 9.25. The third-order valence-electron chi connectivity index (χ3n) is 3.39. The summed E-state index contributed by atoms with van der Waals surface area (Å²) >= 11 is 0. The van der Waals surface area contributed by atoms with Crippen LogP contribution in [0.15, 0.2) is 42.7 Å². The van der Waals surface area contributed by atoms with E-state index in [0.717, 1.165) is 19.4 Å². The molecular weight excluding hydrogens is 250 g/mol. The molecule has 2 atom stereocenters. The van der Waals surface area contributed by atoms with Gasteiger partial charge in [-0.15, -0.1) is 0 Å². The molecule has 0 aliphatic heterocycles. The Labute approximate surface area is 120 Å². The lowest BCUT2D eigenvalue weighted by molar-refractivity contribution is 0.395. The van der Waals surface area contributed by atoms with E-state index in [1.807, 2.05) is 29.1 Å². The molecule has 0 fully saturated rings. The van der Waals surface area contributed by atoms with Crippen molar-refractivity contribution in [2.75, 3.05) is 0 Å². The Bertz CT molecular complexity index is 493. The van der Waals surface area contributed by atoms with Gasteiger partial charge in [0.1, 0.15) is 5.75 Å². The van der Waals surface area contributed by atoms with E-state index in [0.29, 0.717) is 17.8 Å². The minimum absolute atomic E-state index is 0.327. The molecule has 2 N–H and O–H groups in total. The first-order valence-electron chi connectivity index (χ1n) is 7.15. The molecule has 108 valence electrons. The lowest BCUT2D eigenvalue weighted by Crippen LogP contribution is -2.37. The second kappa shape index (κ2) is 7.10. The number of aromatic hydroxyl groups is 1. The highest BCUT2D eigenvalue weighted by molar-refractivity contribution is 5.25. The summed E-state index contributed by atoms with van der Waals surface area (Å²) in [5.41, 5.74) is 1.26. The maximum Gasteiger partial charge on any atom is 0.115 e. The molecule has 2 unspecified atom stereocenters. The molecule has 1 aromatic heterocycles. The van der Waals surface area contributed by atoms with Crippen molar-refractivity contribution in [2.24, 2.45) is 0 Å². The SMILES string of the molecule is CC(CCc1ccc(O)cc1)NC(C)Cn1cccn1. The molecule has 1 heterocycles. The summed E-state index contributed by atoms with van der Waals surface area (Å²) in [6, 6.07) is 10.2. The molecule has 2 rings (SSSR count). The standard InChI is InChI=1S/C16H23N3O/c1-13(4-5-15-6-8-16(20)9-7-15)18-14(2)12-19-11-3-10-17-19/h3,6-11,13-14,18,20H,4-5,12H2,1-2H3. The van der Waals surface area contributed by atoms with Gasteiger partial charge in [-0.3, -0.25) is 4.68 Å². The molecule has 0 aliphatic carbocycles. The fourth-order valence-electron chi connectivity index (χ4n) is 2.36. The highest BCUT2D eigenvalue weighted by Gasteiger charge is 2.08. The molecule has 1 aromatic carbocycles.